The highest BCUT2D eigenvalue weighted by Crippen LogP contribution is 2.18. The quantitative estimate of drug-likeness (QED) is 0.891. The molecule has 0 aliphatic heterocycles. The van der Waals surface area contributed by atoms with Crippen LogP contribution in [0.15, 0.2) is 46.9 Å². The summed E-state index contributed by atoms with van der Waals surface area (Å²) in [7, 11) is 0. The van der Waals surface area contributed by atoms with Gasteiger partial charge < -0.3 is 5.32 Å². The SMILES string of the molecule is CCc1ccc(CNC(=O)c2ccc(C)cc2Br)cc1. The van der Waals surface area contributed by atoms with Crippen molar-refractivity contribution in [3.63, 3.8) is 0 Å². The van der Waals surface area contributed by atoms with Gasteiger partial charge >= 0.3 is 0 Å². The third-order valence-electron chi connectivity index (χ3n) is 3.25. The second kappa shape index (κ2) is 6.71. The first-order valence-electron chi connectivity index (χ1n) is 6.72. The van der Waals surface area contributed by atoms with E-state index in [1.807, 2.05) is 25.1 Å². The predicted molar refractivity (Wildman–Crippen MR) is 85.9 cm³/mol. The lowest BCUT2D eigenvalue weighted by molar-refractivity contribution is 0.0950. The summed E-state index contributed by atoms with van der Waals surface area (Å²) in [6.07, 6.45) is 1.03. The smallest absolute Gasteiger partial charge is 0.252 e. The van der Waals surface area contributed by atoms with Crippen molar-refractivity contribution in [1.29, 1.82) is 0 Å². The maximum atomic E-state index is 12.1. The van der Waals surface area contributed by atoms with Gasteiger partial charge in [-0.05, 0) is 58.1 Å². The van der Waals surface area contributed by atoms with Gasteiger partial charge in [0.2, 0.25) is 0 Å². The van der Waals surface area contributed by atoms with E-state index in [2.05, 4.69) is 52.4 Å². The molecule has 0 spiro atoms. The second-order valence-electron chi connectivity index (χ2n) is 4.84. The molecule has 3 heteroatoms. The highest BCUT2D eigenvalue weighted by atomic mass is 79.9. The van der Waals surface area contributed by atoms with E-state index in [0.717, 1.165) is 22.0 Å². The van der Waals surface area contributed by atoms with Gasteiger partial charge in [-0.25, -0.2) is 0 Å². The molecule has 0 aromatic heterocycles. The molecular formula is C17H18BrNO. The fraction of sp³-hybridized carbons (Fsp3) is 0.235. The van der Waals surface area contributed by atoms with Crippen LogP contribution in [0.25, 0.3) is 0 Å². The first-order valence-corrected chi connectivity index (χ1v) is 7.51. The van der Waals surface area contributed by atoms with Crippen molar-refractivity contribution in [2.45, 2.75) is 26.8 Å². The lowest BCUT2D eigenvalue weighted by Gasteiger charge is -2.08. The largest absolute Gasteiger partial charge is 0.348 e. The maximum Gasteiger partial charge on any atom is 0.252 e. The standard InChI is InChI=1S/C17H18BrNO/c1-3-13-5-7-14(8-6-13)11-19-17(20)15-9-4-12(2)10-16(15)18/h4-10H,3,11H2,1-2H3,(H,19,20). The second-order valence-corrected chi connectivity index (χ2v) is 5.69. The molecule has 0 aliphatic carbocycles. The predicted octanol–water partition coefficient (Wildman–Crippen LogP) is 4.25. The molecule has 1 N–H and O–H groups in total. The van der Waals surface area contributed by atoms with Crippen molar-refractivity contribution in [1.82, 2.24) is 5.32 Å². The molecule has 104 valence electrons. The molecule has 0 heterocycles. The van der Waals surface area contributed by atoms with Crippen LogP contribution in [-0.4, -0.2) is 5.91 Å². The first-order chi connectivity index (χ1) is 9.60. The van der Waals surface area contributed by atoms with Crippen molar-refractivity contribution in [2.75, 3.05) is 0 Å². The van der Waals surface area contributed by atoms with Gasteiger partial charge in [-0.1, -0.05) is 37.3 Å². The van der Waals surface area contributed by atoms with Crippen molar-refractivity contribution in [3.05, 3.63) is 69.2 Å². The maximum absolute atomic E-state index is 12.1. The molecule has 0 atom stereocenters. The van der Waals surface area contributed by atoms with Gasteiger partial charge in [-0.2, -0.15) is 0 Å². The number of benzene rings is 2. The van der Waals surface area contributed by atoms with Gasteiger partial charge in [-0.3, -0.25) is 4.79 Å². The summed E-state index contributed by atoms with van der Waals surface area (Å²) in [5.74, 6) is -0.0588. The lowest BCUT2D eigenvalue weighted by atomic mass is 10.1. The Morgan fingerprint density at radius 3 is 2.35 bits per heavy atom. The Morgan fingerprint density at radius 1 is 1.10 bits per heavy atom. The van der Waals surface area contributed by atoms with Crippen LogP contribution in [0.4, 0.5) is 0 Å². The zero-order valence-corrected chi connectivity index (χ0v) is 13.3. The van der Waals surface area contributed by atoms with Crippen LogP contribution in [0.1, 0.15) is 34.0 Å². The van der Waals surface area contributed by atoms with Gasteiger partial charge in [0.1, 0.15) is 0 Å². The first kappa shape index (κ1) is 14.8. The number of aryl methyl sites for hydroxylation is 2. The molecule has 0 bridgehead atoms. The van der Waals surface area contributed by atoms with E-state index >= 15 is 0 Å². The normalized spacial score (nSPS) is 10.3. The number of carbonyl (C=O) groups excluding carboxylic acids is 1. The van der Waals surface area contributed by atoms with Crippen LogP contribution in [0.2, 0.25) is 0 Å². The monoisotopic (exact) mass is 331 g/mol. The van der Waals surface area contributed by atoms with E-state index in [0.29, 0.717) is 12.1 Å². The third-order valence-corrected chi connectivity index (χ3v) is 3.91. The van der Waals surface area contributed by atoms with Crippen LogP contribution in [0.5, 0.6) is 0 Å². The van der Waals surface area contributed by atoms with Gasteiger partial charge in [-0.15, -0.1) is 0 Å². The summed E-state index contributed by atoms with van der Waals surface area (Å²) in [6, 6.07) is 14.1. The van der Waals surface area contributed by atoms with Crippen LogP contribution < -0.4 is 5.32 Å². The Bertz CT molecular complexity index is 605. The number of hydrogen-bond acceptors (Lipinski definition) is 1. The molecule has 0 radical (unpaired) electrons. The highest BCUT2D eigenvalue weighted by molar-refractivity contribution is 9.10. The molecule has 0 unspecified atom stereocenters. The Balaban J connectivity index is 2.00. The van der Waals surface area contributed by atoms with E-state index in [4.69, 9.17) is 0 Å². The highest BCUT2D eigenvalue weighted by Gasteiger charge is 2.09. The number of amides is 1. The van der Waals surface area contributed by atoms with Gasteiger partial charge in [0, 0.05) is 11.0 Å². The molecule has 2 nitrogen and oxygen atoms in total. The summed E-state index contributed by atoms with van der Waals surface area (Å²) in [5.41, 5.74) is 4.21. The average Bonchev–Trinajstić information content (AvgIpc) is 2.45. The van der Waals surface area contributed by atoms with Gasteiger partial charge in [0.15, 0.2) is 0 Å². The minimum absolute atomic E-state index is 0.0588. The van der Waals surface area contributed by atoms with E-state index in [-0.39, 0.29) is 5.91 Å². The zero-order chi connectivity index (χ0) is 14.5. The molecule has 0 saturated heterocycles. The van der Waals surface area contributed by atoms with Crippen LogP contribution in [0, 0.1) is 6.92 Å². The topological polar surface area (TPSA) is 29.1 Å². The Hall–Kier alpha value is -1.61. The number of nitrogens with one attached hydrogen (secondary N) is 1. The Kier molecular flexibility index (Phi) is 4.96. The average molecular weight is 332 g/mol. The van der Waals surface area contributed by atoms with Crippen molar-refractivity contribution >= 4 is 21.8 Å². The Labute approximate surface area is 128 Å². The number of halogens is 1. The fourth-order valence-electron chi connectivity index (χ4n) is 1.97. The lowest BCUT2D eigenvalue weighted by Crippen LogP contribution is -2.23. The van der Waals surface area contributed by atoms with E-state index in [1.54, 1.807) is 0 Å². The van der Waals surface area contributed by atoms with Crippen LogP contribution in [0.3, 0.4) is 0 Å². The number of carbonyl (C=O) groups is 1. The zero-order valence-electron chi connectivity index (χ0n) is 11.7. The van der Waals surface area contributed by atoms with Crippen molar-refractivity contribution in [3.8, 4) is 0 Å². The minimum atomic E-state index is -0.0588. The molecule has 0 aliphatic rings. The molecule has 0 fully saturated rings. The third kappa shape index (κ3) is 3.70. The summed E-state index contributed by atoms with van der Waals surface area (Å²) >= 11 is 3.43. The van der Waals surface area contributed by atoms with Crippen molar-refractivity contribution in [2.24, 2.45) is 0 Å². The van der Waals surface area contributed by atoms with Crippen LogP contribution >= 0.6 is 15.9 Å². The van der Waals surface area contributed by atoms with E-state index < -0.39 is 0 Å². The van der Waals surface area contributed by atoms with E-state index in [9.17, 15) is 4.79 Å². The fourth-order valence-corrected chi connectivity index (χ4v) is 2.65. The summed E-state index contributed by atoms with van der Waals surface area (Å²) in [4.78, 5) is 12.1. The molecule has 2 aromatic rings. The van der Waals surface area contributed by atoms with Crippen molar-refractivity contribution < 1.29 is 4.79 Å². The summed E-state index contributed by atoms with van der Waals surface area (Å²) in [5, 5.41) is 2.94. The Morgan fingerprint density at radius 2 is 1.75 bits per heavy atom. The minimum Gasteiger partial charge on any atom is -0.348 e. The molecular weight excluding hydrogens is 314 g/mol. The molecule has 20 heavy (non-hydrogen) atoms. The molecule has 0 saturated carbocycles. The van der Waals surface area contributed by atoms with Crippen LogP contribution in [-0.2, 0) is 13.0 Å². The van der Waals surface area contributed by atoms with Gasteiger partial charge in [0.05, 0.1) is 5.56 Å². The number of hydrogen-bond donors (Lipinski definition) is 1. The summed E-state index contributed by atoms with van der Waals surface area (Å²) < 4.78 is 0.830. The van der Waals surface area contributed by atoms with Gasteiger partial charge in [0.25, 0.3) is 5.91 Å². The number of rotatable bonds is 4. The molecule has 2 rings (SSSR count). The molecule has 1 amide bonds. The van der Waals surface area contributed by atoms with E-state index in [1.165, 1.54) is 5.56 Å². The molecule has 2 aromatic carbocycles. The summed E-state index contributed by atoms with van der Waals surface area (Å²) in [6.45, 7) is 4.68.